The molecule has 0 saturated carbocycles. The number of hydrogen-bond acceptors (Lipinski definition) is 3. The van der Waals surface area contributed by atoms with Gasteiger partial charge in [0.15, 0.2) is 0 Å². The van der Waals surface area contributed by atoms with Crippen molar-refractivity contribution in [3.05, 3.63) is 83.4 Å². The fourth-order valence-corrected chi connectivity index (χ4v) is 7.34. The van der Waals surface area contributed by atoms with Crippen LogP contribution in [0.5, 0.6) is 0 Å². The van der Waals surface area contributed by atoms with Crippen LogP contribution in [-0.4, -0.2) is 42.0 Å². The SMILES string of the molecule is CN(C)c1ccc2c(c1)[Si](C)(C)c1cc(N(C)C)ccc1C2=NCc1ccccc1. The normalized spacial score (nSPS) is 14.0. The highest BCUT2D eigenvalue weighted by atomic mass is 28.3. The first kappa shape index (κ1) is 20.4. The van der Waals surface area contributed by atoms with Crippen LogP contribution in [0.1, 0.15) is 16.7 Å². The van der Waals surface area contributed by atoms with Gasteiger partial charge in [-0.3, -0.25) is 4.99 Å². The molecule has 4 heteroatoms. The van der Waals surface area contributed by atoms with E-state index in [0.29, 0.717) is 6.54 Å². The van der Waals surface area contributed by atoms with E-state index in [4.69, 9.17) is 4.99 Å². The standard InChI is InChI=1S/C26H31N3Si/c1-28(2)20-12-14-22-24(16-20)30(5,6)25-17-21(29(3)4)13-15-23(25)26(22)27-18-19-10-8-7-9-11-19/h7-17H,18H2,1-6H3. The molecule has 0 N–H and O–H groups in total. The van der Waals surface area contributed by atoms with E-state index in [-0.39, 0.29) is 0 Å². The van der Waals surface area contributed by atoms with E-state index in [1.165, 1.54) is 38.4 Å². The van der Waals surface area contributed by atoms with Crippen LogP contribution in [0.4, 0.5) is 11.4 Å². The Kier molecular flexibility index (Phi) is 5.29. The maximum Gasteiger partial charge on any atom is 0.114 e. The Labute approximate surface area is 181 Å². The molecule has 0 spiro atoms. The van der Waals surface area contributed by atoms with Crippen LogP contribution >= 0.6 is 0 Å². The predicted molar refractivity (Wildman–Crippen MR) is 134 cm³/mol. The van der Waals surface area contributed by atoms with Gasteiger partial charge in [-0.25, -0.2) is 0 Å². The third kappa shape index (κ3) is 3.56. The highest BCUT2D eigenvalue weighted by Crippen LogP contribution is 2.26. The number of fused-ring (bicyclic) bond motifs is 2. The van der Waals surface area contributed by atoms with Crippen molar-refractivity contribution in [1.29, 1.82) is 0 Å². The molecule has 0 radical (unpaired) electrons. The quantitative estimate of drug-likeness (QED) is 0.602. The molecule has 0 atom stereocenters. The first-order chi connectivity index (χ1) is 14.3. The summed E-state index contributed by atoms with van der Waals surface area (Å²) in [4.78, 5) is 9.55. The van der Waals surface area contributed by atoms with Gasteiger partial charge in [0.2, 0.25) is 0 Å². The molecule has 3 nitrogen and oxygen atoms in total. The van der Waals surface area contributed by atoms with E-state index in [1.807, 2.05) is 0 Å². The zero-order chi connectivity index (χ0) is 21.5. The smallest absolute Gasteiger partial charge is 0.114 e. The molecule has 0 saturated heterocycles. The average Bonchev–Trinajstić information content (AvgIpc) is 2.74. The van der Waals surface area contributed by atoms with Crippen molar-refractivity contribution in [3.63, 3.8) is 0 Å². The second-order valence-electron chi connectivity index (χ2n) is 9.02. The highest BCUT2D eigenvalue weighted by molar-refractivity contribution is 7.02. The second-order valence-corrected chi connectivity index (χ2v) is 13.4. The summed E-state index contributed by atoms with van der Waals surface area (Å²) >= 11 is 0. The second kappa shape index (κ2) is 7.76. The third-order valence-corrected chi connectivity index (χ3v) is 9.68. The summed E-state index contributed by atoms with van der Waals surface area (Å²) in [6.07, 6.45) is 0. The molecule has 1 aliphatic rings. The lowest BCUT2D eigenvalue weighted by Gasteiger charge is -2.36. The van der Waals surface area contributed by atoms with Gasteiger partial charge in [0, 0.05) is 50.7 Å². The summed E-state index contributed by atoms with van der Waals surface area (Å²) < 4.78 is 0. The molecule has 0 unspecified atom stereocenters. The highest BCUT2D eigenvalue weighted by Gasteiger charge is 2.38. The fourth-order valence-electron chi connectivity index (χ4n) is 4.28. The Hall–Kier alpha value is -2.85. The Morgan fingerprint density at radius 1 is 0.700 bits per heavy atom. The van der Waals surface area contributed by atoms with E-state index in [2.05, 4.69) is 118 Å². The van der Waals surface area contributed by atoms with Gasteiger partial charge in [-0.1, -0.05) is 55.6 Å². The van der Waals surface area contributed by atoms with Crippen molar-refractivity contribution < 1.29 is 0 Å². The van der Waals surface area contributed by atoms with Crippen LogP contribution in [0.15, 0.2) is 71.7 Å². The molecule has 30 heavy (non-hydrogen) atoms. The van der Waals surface area contributed by atoms with Crippen molar-refractivity contribution in [1.82, 2.24) is 0 Å². The molecule has 154 valence electrons. The van der Waals surface area contributed by atoms with E-state index < -0.39 is 8.07 Å². The lowest BCUT2D eigenvalue weighted by atomic mass is 9.99. The van der Waals surface area contributed by atoms with Crippen molar-refractivity contribution >= 4 is 35.5 Å². The van der Waals surface area contributed by atoms with E-state index in [9.17, 15) is 0 Å². The summed E-state index contributed by atoms with van der Waals surface area (Å²) in [5.41, 5.74) is 7.49. The third-order valence-electron chi connectivity index (χ3n) is 6.16. The van der Waals surface area contributed by atoms with Gasteiger partial charge in [-0.05, 0) is 40.2 Å². The van der Waals surface area contributed by atoms with Gasteiger partial charge in [0.05, 0.1) is 12.3 Å². The van der Waals surface area contributed by atoms with E-state index in [1.54, 1.807) is 0 Å². The van der Waals surface area contributed by atoms with E-state index >= 15 is 0 Å². The molecule has 3 aromatic carbocycles. The summed E-state index contributed by atoms with van der Waals surface area (Å²) in [6, 6.07) is 24.3. The van der Waals surface area contributed by atoms with Gasteiger partial charge in [0.25, 0.3) is 0 Å². The Balaban J connectivity index is 1.93. The summed E-state index contributed by atoms with van der Waals surface area (Å²) in [7, 11) is 6.58. The zero-order valence-corrected chi connectivity index (χ0v) is 19.9. The lowest BCUT2D eigenvalue weighted by molar-refractivity contribution is 1.07. The van der Waals surface area contributed by atoms with Gasteiger partial charge < -0.3 is 9.80 Å². The largest absolute Gasteiger partial charge is 0.378 e. The van der Waals surface area contributed by atoms with Crippen molar-refractivity contribution in [2.75, 3.05) is 38.0 Å². The number of benzene rings is 3. The topological polar surface area (TPSA) is 18.8 Å². The Bertz CT molecular complexity index is 1040. The van der Waals surface area contributed by atoms with Gasteiger partial charge in [-0.2, -0.15) is 0 Å². The maximum absolute atomic E-state index is 5.16. The molecule has 3 aromatic rings. The van der Waals surface area contributed by atoms with Crippen molar-refractivity contribution in [2.45, 2.75) is 19.6 Å². The first-order valence-electron chi connectivity index (χ1n) is 10.5. The molecule has 1 heterocycles. The van der Waals surface area contributed by atoms with Crippen molar-refractivity contribution in [2.24, 2.45) is 4.99 Å². The minimum Gasteiger partial charge on any atom is -0.378 e. The van der Waals surface area contributed by atoms with Crippen LogP contribution in [0.25, 0.3) is 0 Å². The first-order valence-corrected chi connectivity index (χ1v) is 13.5. The van der Waals surface area contributed by atoms with Crippen LogP contribution in [0, 0.1) is 0 Å². The zero-order valence-electron chi connectivity index (χ0n) is 18.9. The summed E-state index contributed by atoms with van der Waals surface area (Å²) in [5, 5.41) is 2.95. The molecule has 4 rings (SSSR count). The molecule has 0 aliphatic carbocycles. The van der Waals surface area contributed by atoms with Gasteiger partial charge in [-0.15, -0.1) is 0 Å². The van der Waals surface area contributed by atoms with Crippen LogP contribution in [-0.2, 0) is 6.54 Å². The predicted octanol–water partition coefficient (Wildman–Crippen LogP) is 3.99. The van der Waals surface area contributed by atoms with Crippen LogP contribution in [0.3, 0.4) is 0 Å². The molecular weight excluding hydrogens is 382 g/mol. The number of anilines is 2. The summed E-state index contributed by atoms with van der Waals surface area (Å²) in [5.74, 6) is 0. The van der Waals surface area contributed by atoms with Crippen LogP contribution in [0.2, 0.25) is 13.1 Å². The Morgan fingerprint density at radius 2 is 1.20 bits per heavy atom. The minimum atomic E-state index is -1.87. The fraction of sp³-hybridized carbons (Fsp3) is 0.269. The van der Waals surface area contributed by atoms with Crippen LogP contribution < -0.4 is 20.2 Å². The maximum atomic E-state index is 5.16. The molecule has 0 aromatic heterocycles. The number of nitrogens with zero attached hydrogens (tertiary/aromatic N) is 3. The van der Waals surface area contributed by atoms with Gasteiger partial charge >= 0.3 is 0 Å². The van der Waals surface area contributed by atoms with Crippen molar-refractivity contribution in [3.8, 4) is 0 Å². The number of rotatable bonds is 4. The van der Waals surface area contributed by atoms with E-state index in [0.717, 1.165) is 5.71 Å². The number of aliphatic imine (C=N–C) groups is 1. The molecule has 0 bridgehead atoms. The molecule has 1 aliphatic heterocycles. The average molecular weight is 414 g/mol. The molecule has 0 amide bonds. The summed E-state index contributed by atoms with van der Waals surface area (Å²) in [6.45, 7) is 5.64. The molecule has 0 fully saturated rings. The van der Waals surface area contributed by atoms with Gasteiger partial charge in [0.1, 0.15) is 8.07 Å². The Morgan fingerprint density at radius 3 is 1.67 bits per heavy atom. The lowest BCUT2D eigenvalue weighted by Crippen LogP contribution is -2.60. The molecular formula is C26H31N3Si. The minimum absolute atomic E-state index is 0.696. The number of hydrogen-bond donors (Lipinski definition) is 0. The monoisotopic (exact) mass is 413 g/mol.